The lowest BCUT2D eigenvalue weighted by Gasteiger charge is -2.15. The number of aryl methyl sites for hydroxylation is 1. The number of aromatic nitrogens is 2. The molecule has 1 aromatic rings. The summed E-state index contributed by atoms with van der Waals surface area (Å²) >= 11 is 0. The van der Waals surface area contributed by atoms with Gasteiger partial charge in [-0.3, -0.25) is 9.59 Å². The van der Waals surface area contributed by atoms with Crippen LogP contribution in [0.25, 0.3) is 0 Å². The fraction of sp³-hybridized carbons (Fsp3) is 0.583. The third-order valence-corrected chi connectivity index (χ3v) is 3.14. The molecule has 1 amide bonds. The molecule has 1 saturated heterocycles. The van der Waals surface area contributed by atoms with E-state index in [-0.39, 0.29) is 17.4 Å². The molecule has 0 aliphatic carbocycles. The Balaban J connectivity index is 2.15. The van der Waals surface area contributed by atoms with E-state index in [1.807, 2.05) is 11.8 Å². The zero-order valence-corrected chi connectivity index (χ0v) is 10.2. The van der Waals surface area contributed by atoms with Gasteiger partial charge in [-0.15, -0.1) is 0 Å². The highest BCUT2D eigenvalue weighted by Crippen LogP contribution is 2.25. The molecule has 5 nitrogen and oxygen atoms in total. The van der Waals surface area contributed by atoms with Crippen LogP contribution in [0.1, 0.15) is 37.2 Å². The normalized spacial score (nSPS) is 19.6. The number of rotatable bonds is 2. The van der Waals surface area contributed by atoms with Crippen LogP contribution in [0.5, 0.6) is 0 Å². The molecule has 2 heterocycles. The average molecular weight is 235 g/mol. The lowest BCUT2D eigenvalue weighted by Crippen LogP contribution is -2.27. The zero-order valence-electron chi connectivity index (χ0n) is 10.2. The number of nitrogens with zero attached hydrogens (tertiary/aromatic N) is 2. The maximum absolute atomic E-state index is 11.6. The van der Waals surface area contributed by atoms with Crippen molar-refractivity contribution in [3.8, 4) is 0 Å². The second-order valence-corrected chi connectivity index (χ2v) is 4.43. The predicted molar refractivity (Wildman–Crippen MR) is 63.8 cm³/mol. The maximum atomic E-state index is 11.6. The van der Waals surface area contributed by atoms with Gasteiger partial charge >= 0.3 is 0 Å². The molecule has 1 N–H and O–H groups in total. The highest BCUT2D eigenvalue weighted by atomic mass is 16.2. The second-order valence-electron chi connectivity index (χ2n) is 4.43. The number of nitrogens with one attached hydrogen (secondary N) is 1. The van der Waals surface area contributed by atoms with E-state index in [0.29, 0.717) is 18.8 Å². The van der Waals surface area contributed by atoms with Crippen molar-refractivity contribution in [1.29, 1.82) is 0 Å². The molecule has 0 bridgehead atoms. The Hall–Kier alpha value is -1.65. The van der Waals surface area contributed by atoms with Crippen LogP contribution in [0.4, 0.5) is 0 Å². The Labute approximate surface area is 99.9 Å². The van der Waals surface area contributed by atoms with Gasteiger partial charge in [0.15, 0.2) is 0 Å². The summed E-state index contributed by atoms with van der Waals surface area (Å²) < 4.78 is 0. The van der Waals surface area contributed by atoms with Gasteiger partial charge in [-0.05, 0) is 13.3 Å². The molecule has 0 saturated carbocycles. The van der Waals surface area contributed by atoms with Gasteiger partial charge < -0.3 is 9.88 Å². The number of H-pyrrole nitrogens is 1. The maximum Gasteiger partial charge on any atom is 0.251 e. The molecule has 1 aromatic heterocycles. The smallest absolute Gasteiger partial charge is 0.251 e. The van der Waals surface area contributed by atoms with E-state index in [4.69, 9.17) is 0 Å². The van der Waals surface area contributed by atoms with Crippen LogP contribution in [0.15, 0.2) is 10.9 Å². The van der Waals surface area contributed by atoms with E-state index < -0.39 is 0 Å². The number of hydrogen-bond acceptors (Lipinski definition) is 3. The first-order chi connectivity index (χ1) is 8.10. The largest absolute Gasteiger partial charge is 0.342 e. The SMILES string of the molecule is CCC(=O)N1CCC(c2cc(=O)[nH]c(C)n2)C1. The Morgan fingerprint density at radius 3 is 3.06 bits per heavy atom. The number of amides is 1. The van der Waals surface area contributed by atoms with Gasteiger partial charge in [-0.25, -0.2) is 4.98 Å². The van der Waals surface area contributed by atoms with Crippen molar-refractivity contribution in [3.05, 3.63) is 27.9 Å². The van der Waals surface area contributed by atoms with Crippen molar-refractivity contribution < 1.29 is 4.79 Å². The summed E-state index contributed by atoms with van der Waals surface area (Å²) in [5.41, 5.74) is 0.686. The van der Waals surface area contributed by atoms with E-state index in [2.05, 4.69) is 9.97 Å². The first-order valence-electron chi connectivity index (χ1n) is 5.95. The van der Waals surface area contributed by atoms with Crippen LogP contribution in [0.3, 0.4) is 0 Å². The molecular weight excluding hydrogens is 218 g/mol. The van der Waals surface area contributed by atoms with Crippen LogP contribution in [0, 0.1) is 6.92 Å². The van der Waals surface area contributed by atoms with Crippen LogP contribution in [0.2, 0.25) is 0 Å². The molecule has 0 radical (unpaired) electrons. The van der Waals surface area contributed by atoms with Gasteiger partial charge in [0.05, 0.1) is 5.69 Å². The number of hydrogen-bond donors (Lipinski definition) is 1. The molecule has 1 aliphatic rings. The monoisotopic (exact) mass is 235 g/mol. The van der Waals surface area contributed by atoms with Gasteiger partial charge in [0.2, 0.25) is 5.91 Å². The Morgan fingerprint density at radius 2 is 2.41 bits per heavy atom. The van der Waals surface area contributed by atoms with Crippen LogP contribution >= 0.6 is 0 Å². The standard InChI is InChI=1S/C12H17N3O2/c1-3-12(17)15-5-4-9(7-15)10-6-11(16)14-8(2)13-10/h6,9H,3-5,7H2,1-2H3,(H,13,14,16). The second kappa shape index (κ2) is 4.69. The van der Waals surface area contributed by atoms with Crippen molar-refractivity contribution in [1.82, 2.24) is 14.9 Å². The average Bonchev–Trinajstić information content (AvgIpc) is 2.76. The van der Waals surface area contributed by atoms with Crippen LogP contribution in [-0.2, 0) is 4.79 Å². The molecule has 2 rings (SSSR count). The van der Waals surface area contributed by atoms with Crippen molar-refractivity contribution in [2.75, 3.05) is 13.1 Å². The molecule has 1 unspecified atom stereocenters. The zero-order chi connectivity index (χ0) is 12.4. The van der Waals surface area contributed by atoms with Crippen molar-refractivity contribution in [2.24, 2.45) is 0 Å². The molecule has 1 aliphatic heterocycles. The summed E-state index contributed by atoms with van der Waals surface area (Å²) in [6.45, 7) is 5.09. The Morgan fingerprint density at radius 1 is 1.65 bits per heavy atom. The van der Waals surface area contributed by atoms with E-state index in [1.165, 1.54) is 6.07 Å². The predicted octanol–water partition coefficient (Wildman–Crippen LogP) is 0.804. The van der Waals surface area contributed by atoms with Crippen molar-refractivity contribution >= 4 is 5.91 Å². The van der Waals surface area contributed by atoms with E-state index in [9.17, 15) is 9.59 Å². The van der Waals surface area contributed by atoms with E-state index >= 15 is 0 Å². The summed E-state index contributed by atoms with van der Waals surface area (Å²) in [7, 11) is 0. The fourth-order valence-electron chi connectivity index (χ4n) is 2.26. The Kier molecular flexibility index (Phi) is 3.26. The van der Waals surface area contributed by atoms with E-state index in [1.54, 1.807) is 6.92 Å². The summed E-state index contributed by atoms with van der Waals surface area (Å²) in [5, 5.41) is 0. The minimum atomic E-state index is -0.118. The van der Waals surface area contributed by atoms with E-state index in [0.717, 1.165) is 18.7 Å². The van der Waals surface area contributed by atoms with Gasteiger partial charge in [0, 0.05) is 31.5 Å². The summed E-state index contributed by atoms with van der Waals surface area (Å²) in [4.78, 5) is 31.7. The summed E-state index contributed by atoms with van der Waals surface area (Å²) in [5.74, 6) is 1.01. The van der Waals surface area contributed by atoms with Crippen molar-refractivity contribution in [3.63, 3.8) is 0 Å². The third-order valence-electron chi connectivity index (χ3n) is 3.14. The Bertz CT molecular complexity index is 481. The quantitative estimate of drug-likeness (QED) is 0.824. The fourth-order valence-corrected chi connectivity index (χ4v) is 2.26. The molecule has 17 heavy (non-hydrogen) atoms. The van der Waals surface area contributed by atoms with Crippen LogP contribution in [-0.4, -0.2) is 33.9 Å². The molecule has 5 heteroatoms. The lowest BCUT2D eigenvalue weighted by molar-refractivity contribution is -0.129. The number of carbonyl (C=O) groups is 1. The molecule has 92 valence electrons. The van der Waals surface area contributed by atoms with Gasteiger partial charge in [0.1, 0.15) is 5.82 Å². The van der Waals surface area contributed by atoms with Gasteiger partial charge in [0.25, 0.3) is 5.56 Å². The van der Waals surface area contributed by atoms with Crippen molar-refractivity contribution in [2.45, 2.75) is 32.6 Å². The minimum Gasteiger partial charge on any atom is -0.342 e. The number of carbonyl (C=O) groups excluding carboxylic acids is 1. The minimum absolute atomic E-state index is 0.118. The molecule has 1 atom stereocenters. The van der Waals surface area contributed by atoms with Crippen LogP contribution < -0.4 is 5.56 Å². The summed E-state index contributed by atoms with van der Waals surface area (Å²) in [6.07, 6.45) is 1.43. The lowest BCUT2D eigenvalue weighted by atomic mass is 10.0. The number of likely N-dealkylation sites (tertiary alicyclic amines) is 1. The van der Waals surface area contributed by atoms with Gasteiger partial charge in [-0.2, -0.15) is 0 Å². The molecular formula is C12H17N3O2. The first-order valence-corrected chi connectivity index (χ1v) is 5.95. The molecule has 1 fully saturated rings. The third kappa shape index (κ3) is 2.54. The highest BCUT2D eigenvalue weighted by Gasteiger charge is 2.27. The highest BCUT2D eigenvalue weighted by molar-refractivity contribution is 5.76. The summed E-state index contributed by atoms with van der Waals surface area (Å²) in [6, 6.07) is 1.54. The first kappa shape index (κ1) is 11.8. The van der Waals surface area contributed by atoms with Gasteiger partial charge in [-0.1, -0.05) is 6.92 Å². The molecule has 0 spiro atoms. The number of aromatic amines is 1. The molecule has 0 aromatic carbocycles. The topological polar surface area (TPSA) is 66.1 Å².